The molecule has 1 saturated carbocycles. The Morgan fingerprint density at radius 2 is 2.06 bits per heavy atom. The van der Waals surface area contributed by atoms with Crippen LogP contribution in [0.4, 0.5) is 4.39 Å². The van der Waals surface area contributed by atoms with E-state index in [-0.39, 0.29) is 5.82 Å². The van der Waals surface area contributed by atoms with Crippen molar-refractivity contribution in [3.05, 3.63) is 47.1 Å². The lowest BCUT2D eigenvalue weighted by Crippen LogP contribution is -1.94. The maximum absolute atomic E-state index is 13.1. The summed E-state index contributed by atoms with van der Waals surface area (Å²) in [6, 6.07) is 8.15. The fourth-order valence-electron chi connectivity index (χ4n) is 1.64. The van der Waals surface area contributed by atoms with Crippen LogP contribution < -0.4 is 0 Å². The largest absolute Gasteiger partial charge is 0.226 e. The lowest BCUT2D eigenvalue weighted by molar-refractivity contribution is 0.624. The number of rotatable bonds is 3. The van der Waals surface area contributed by atoms with Gasteiger partial charge in [0.05, 0.1) is 0 Å². The van der Waals surface area contributed by atoms with E-state index in [1.54, 1.807) is 12.1 Å². The Labute approximate surface area is 114 Å². The summed E-state index contributed by atoms with van der Waals surface area (Å²) >= 11 is 7.38. The Hall–Kier alpha value is -1.13. The van der Waals surface area contributed by atoms with Crippen LogP contribution in [0.3, 0.4) is 0 Å². The van der Waals surface area contributed by atoms with Crippen LogP contribution in [0.1, 0.15) is 24.6 Å². The lowest BCUT2D eigenvalue weighted by Gasteiger charge is -2.04. The van der Waals surface area contributed by atoms with Gasteiger partial charge in [-0.05, 0) is 31.0 Å². The minimum Gasteiger partial charge on any atom is -0.226 e. The van der Waals surface area contributed by atoms with Crippen molar-refractivity contribution < 1.29 is 4.39 Å². The summed E-state index contributed by atoms with van der Waals surface area (Å²) in [7, 11) is 0. The first-order chi connectivity index (χ1) is 8.70. The topological polar surface area (TPSA) is 25.8 Å². The van der Waals surface area contributed by atoms with Gasteiger partial charge in [-0.25, -0.2) is 14.4 Å². The number of nitrogens with zero attached hydrogens (tertiary/aromatic N) is 2. The summed E-state index contributed by atoms with van der Waals surface area (Å²) in [5.74, 6) is 1.01. The Bertz CT molecular complexity index is 587. The second-order valence-corrected chi connectivity index (χ2v) is 5.70. The minimum absolute atomic E-state index is 0.248. The summed E-state index contributed by atoms with van der Waals surface area (Å²) in [6.07, 6.45) is 2.26. The van der Waals surface area contributed by atoms with Crippen molar-refractivity contribution >= 4 is 23.4 Å². The summed E-state index contributed by atoms with van der Waals surface area (Å²) in [5, 5.41) is 1.22. The van der Waals surface area contributed by atoms with E-state index in [1.807, 2.05) is 6.07 Å². The molecule has 0 spiro atoms. The van der Waals surface area contributed by atoms with Gasteiger partial charge in [0, 0.05) is 16.9 Å². The van der Waals surface area contributed by atoms with Gasteiger partial charge in [0.2, 0.25) is 0 Å². The van der Waals surface area contributed by atoms with Gasteiger partial charge in [0.25, 0.3) is 0 Å². The van der Waals surface area contributed by atoms with Crippen LogP contribution in [0.15, 0.2) is 40.3 Å². The van der Waals surface area contributed by atoms with Gasteiger partial charge in [0.15, 0.2) is 0 Å². The van der Waals surface area contributed by atoms with E-state index in [0.717, 1.165) is 28.6 Å². The van der Waals surface area contributed by atoms with E-state index in [1.165, 1.54) is 23.9 Å². The molecule has 0 N–H and O–H groups in total. The van der Waals surface area contributed by atoms with Crippen LogP contribution in [-0.2, 0) is 0 Å². The molecule has 0 saturated heterocycles. The first kappa shape index (κ1) is 11.9. The third-order valence-corrected chi connectivity index (χ3v) is 3.75. The first-order valence-electron chi connectivity index (χ1n) is 5.68. The normalized spacial score (nSPS) is 14.8. The van der Waals surface area contributed by atoms with E-state index < -0.39 is 0 Å². The number of benzene rings is 1. The molecule has 1 aromatic heterocycles. The van der Waals surface area contributed by atoms with Crippen LogP contribution in [0.5, 0.6) is 0 Å². The molecule has 1 aliphatic rings. The highest BCUT2D eigenvalue weighted by molar-refractivity contribution is 7.99. The molecule has 1 fully saturated rings. The monoisotopic (exact) mass is 280 g/mol. The molecule has 0 atom stereocenters. The molecule has 0 aliphatic heterocycles. The van der Waals surface area contributed by atoms with Crippen molar-refractivity contribution in [2.45, 2.75) is 28.7 Å². The molecule has 5 heteroatoms. The molecule has 2 nitrogen and oxygen atoms in total. The fraction of sp³-hybridized carbons (Fsp3) is 0.231. The van der Waals surface area contributed by atoms with Crippen LogP contribution in [0, 0.1) is 5.82 Å². The molecule has 3 rings (SSSR count). The Balaban J connectivity index is 1.87. The quantitative estimate of drug-likeness (QED) is 0.784. The molecule has 1 aromatic carbocycles. The van der Waals surface area contributed by atoms with Crippen molar-refractivity contribution in [1.29, 1.82) is 0 Å². The summed E-state index contributed by atoms with van der Waals surface area (Å²) < 4.78 is 13.1. The SMILES string of the molecule is Fc1cccc(Sc2cc(Cl)nc(C3CC3)n2)c1. The van der Waals surface area contributed by atoms with Crippen LogP contribution in [0.2, 0.25) is 5.15 Å². The van der Waals surface area contributed by atoms with Gasteiger partial charge in [-0.15, -0.1) is 0 Å². The summed E-state index contributed by atoms with van der Waals surface area (Å²) in [6.45, 7) is 0. The maximum Gasteiger partial charge on any atom is 0.134 e. The van der Waals surface area contributed by atoms with Crippen molar-refractivity contribution in [2.24, 2.45) is 0 Å². The van der Waals surface area contributed by atoms with Crippen molar-refractivity contribution in [3.63, 3.8) is 0 Å². The molecule has 2 aromatic rings. The molecule has 1 aliphatic carbocycles. The van der Waals surface area contributed by atoms with Crippen molar-refractivity contribution in [2.75, 3.05) is 0 Å². The average Bonchev–Trinajstić information content (AvgIpc) is 3.11. The highest BCUT2D eigenvalue weighted by atomic mass is 35.5. The van der Waals surface area contributed by atoms with Gasteiger partial charge < -0.3 is 0 Å². The Morgan fingerprint density at radius 1 is 1.22 bits per heavy atom. The predicted molar refractivity (Wildman–Crippen MR) is 69.5 cm³/mol. The zero-order valence-electron chi connectivity index (χ0n) is 9.44. The van der Waals surface area contributed by atoms with Crippen molar-refractivity contribution in [3.8, 4) is 0 Å². The smallest absolute Gasteiger partial charge is 0.134 e. The third-order valence-electron chi connectivity index (χ3n) is 2.65. The summed E-state index contributed by atoms with van der Waals surface area (Å²) in [4.78, 5) is 9.50. The van der Waals surface area contributed by atoms with Crippen LogP contribution in [0.25, 0.3) is 0 Å². The number of aromatic nitrogens is 2. The molecule has 18 heavy (non-hydrogen) atoms. The lowest BCUT2D eigenvalue weighted by atomic mass is 10.4. The van der Waals surface area contributed by atoms with Crippen LogP contribution >= 0.6 is 23.4 Å². The predicted octanol–water partition coefficient (Wildman–Crippen LogP) is 4.30. The highest BCUT2D eigenvalue weighted by Gasteiger charge is 2.27. The van der Waals surface area contributed by atoms with Gasteiger partial charge in [-0.2, -0.15) is 0 Å². The second kappa shape index (κ2) is 4.86. The fourth-order valence-corrected chi connectivity index (χ4v) is 2.77. The first-order valence-corrected chi connectivity index (χ1v) is 6.88. The zero-order chi connectivity index (χ0) is 12.5. The highest BCUT2D eigenvalue weighted by Crippen LogP contribution is 2.39. The molecular weight excluding hydrogens is 271 g/mol. The Morgan fingerprint density at radius 3 is 2.78 bits per heavy atom. The van der Waals surface area contributed by atoms with E-state index in [4.69, 9.17) is 11.6 Å². The Kier molecular flexibility index (Phi) is 3.22. The number of hydrogen-bond acceptors (Lipinski definition) is 3. The number of halogens is 2. The van der Waals surface area contributed by atoms with Gasteiger partial charge >= 0.3 is 0 Å². The molecular formula is C13H10ClFN2S. The number of hydrogen-bond donors (Lipinski definition) is 0. The van der Waals surface area contributed by atoms with Crippen LogP contribution in [-0.4, -0.2) is 9.97 Å². The standard InChI is InChI=1S/C13H10ClFN2S/c14-11-7-12(17-13(16-11)8-4-5-8)18-10-3-1-2-9(15)6-10/h1-3,6-8H,4-5H2. The van der Waals surface area contributed by atoms with Crippen molar-refractivity contribution in [1.82, 2.24) is 9.97 Å². The minimum atomic E-state index is -0.248. The maximum atomic E-state index is 13.1. The molecule has 0 unspecified atom stereocenters. The van der Waals surface area contributed by atoms with Gasteiger partial charge in [-0.1, -0.05) is 29.4 Å². The van der Waals surface area contributed by atoms with E-state index in [0.29, 0.717) is 11.1 Å². The van der Waals surface area contributed by atoms with Gasteiger partial charge in [-0.3, -0.25) is 0 Å². The molecule has 92 valence electrons. The average molecular weight is 281 g/mol. The third kappa shape index (κ3) is 2.82. The molecule has 0 radical (unpaired) electrons. The molecule has 0 amide bonds. The van der Waals surface area contributed by atoms with Gasteiger partial charge in [0.1, 0.15) is 21.8 Å². The van der Waals surface area contributed by atoms with E-state index in [2.05, 4.69) is 9.97 Å². The molecule has 0 bridgehead atoms. The van der Waals surface area contributed by atoms with E-state index in [9.17, 15) is 4.39 Å². The molecule has 1 heterocycles. The van der Waals surface area contributed by atoms with E-state index >= 15 is 0 Å². The zero-order valence-corrected chi connectivity index (χ0v) is 11.0. The second-order valence-electron chi connectivity index (χ2n) is 4.22. The summed E-state index contributed by atoms with van der Waals surface area (Å²) in [5.41, 5.74) is 0.